The van der Waals surface area contributed by atoms with Crippen LogP contribution in [-0.4, -0.2) is 17.6 Å². The fourth-order valence-electron chi connectivity index (χ4n) is 2.78. The Morgan fingerprint density at radius 3 is 2.90 bits per heavy atom. The molecule has 0 aliphatic heterocycles. The predicted molar refractivity (Wildman–Crippen MR) is 77.7 cm³/mol. The minimum atomic E-state index is -0.715. The maximum Gasteiger partial charge on any atom is 0.306 e. The molecule has 1 fully saturated rings. The third-order valence-corrected chi connectivity index (χ3v) is 4.12. The van der Waals surface area contributed by atoms with Crippen LogP contribution in [0.5, 0.6) is 0 Å². The van der Waals surface area contributed by atoms with Crippen molar-refractivity contribution in [1.29, 1.82) is 5.26 Å². The Morgan fingerprint density at radius 1 is 1.45 bits per heavy atom. The number of nitrogens with zero attached hydrogens (tertiary/aromatic N) is 1. The van der Waals surface area contributed by atoms with Crippen molar-refractivity contribution < 1.29 is 9.90 Å². The zero-order valence-corrected chi connectivity index (χ0v) is 11.9. The van der Waals surface area contributed by atoms with Crippen LogP contribution in [0.25, 0.3) is 0 Å². The smallest absolute Gasteiger partial charge is 0.306 e. The van der Waals surface area contributed by atoms with E-state index in [1.165, 1.54) is 0 Å². The maximum absolute atomic E-state index is 11.2. The summed E-state index contributed by atoms with van der Waals surface area (Å²) >= 11 is 5.85. The molecule has 20 heavy (non-hydrogen) atoms. The number of anilines is 1. The molecule has 1 aromatic carbocycles. The summed E-state index contributed by atoms with van der Waals surface area (Å²) in [5.41, 5.74) is 1.20. The minimum absolute atomic E-state index is 0.114. The Hall–Kier alpha value is -1.73. The molecule has 1 saturated carbocycles. The largest absolute Gasteiger partial charge is 0.481 e. The van der Waals surface area contributed by atoms with Gasteiger partial charge in [-0.1, -0.05) is 24.4 Å². The molecule has 106 valence electrons. The van der Waals surface area contributed by atoms with Gasteiger partial charge in [-0.25, -0.2) is 0 Å². The highest BCUT2D eigenvalue weighted by atomic mass is 35.5. The van der Waals surface area contributed by atoms with E-state index in [-0.39, 0.29) is 11.8 Å². The quantitative estimate of drug-likeness (QED) is 0.890. The van der Waals surface area contributed by atoms with E-state index in [0.717, 1.165) is 25.7 Å². The molecule has 0 radical (unpaired) electrons. The van der Waals surface area contributed by atoms with Gasteiger partial charge in [0.15, 0.2) is 0 Å². The van der Waals surface area contributed by atoms with Crippen LogP contribution in [0.3, 0.4) is 0 Å². The molecule has 1 aliphatic rings. The topological polar surface area (TPSA) is 73.1 Å². The zero-order valence-electron chi connectivity index (χ0n) is 11.1. The molecule has 2 N–H and O–H groups in total. The molecular weight excluding hydrogens is 276 g/mol. The van der Waals surface area contributed by atoms with Gasteiger partial charge in [-0.3, -0.25) is 4.79 Å². The molecule has 2 unspecified atom stereocenters. The summed E-state index contributed by atoms with van der Waals surface area (Å²) in [6.07, 6.45) is 3.71. The van der Waals surface area contributed by atoms with Crippen molar-refractivity contribution >= 4 is 23.3 Å². The Labute approximate surface area is 123 Å². The molecule has 0 heterocycles. The number of nitriles is 1. The zero-order chi connectivity index (χ0) is 14.5. The maximum atomic E-state index is 11.2. The lowest BCUT2D eigenvalue weighted by atomic mass is 9.79. The van der Waals surface area contributed by atoms with Gasteiger partial charge < -0.3 is 10.4 Å². The summed E-state index contributed by atoms with van der Waals surface area (Å²) in [5.74, 6) is -0.884. The van der Waals surface area contributed by atoms with Gasteiger partial charge in [0.05, 0.1) is 17.2 Å². The van der Waals surface area contributed by atoms with Crippen molar-refractivity contribution in [3.8, 4) is 6.07 Å². The molecule has 5 heteroatoms. The molecule has 0 amide bonds. The minimum Gasteiger partial charge on any atom is -0.481 e. The van der Waals surface area contributed by atoms with Crippen molar-refractivity contribution in [2.24, 2.45) is 11.8 Å². The second-order valence-electron chi connectivity index (χ2n) is 5.17. The van der Waals surface area contributed by atoms with Gasteiger partial charge in [0.25, 0.3) is 0 Å². The van der Waals surface area contributed by atoms with Crippen LogP contribution in [0.2, 0.25) is 5.02 Å². The van der Waals surface area contributed by atoms with Crippen LogP contribution >= 0.6 is 11.6 Å². The molecule has 2 atom stereocenters. The van der Waals surface area contributed by atoms with E-state index < -0.39 is 5.97 Å². The van der Waals surface area contributed by atoms with E-state index in [1.54, 1.807) is 18.2 Å². The number of carboxylic acids is 1. The fourth-order valence-corrected chi connectivity index (χ4v) is 2.95. The highest BCUT2D eigenvalue weighted by Gasteiger charge is 2.30. The van der Waals surface area contributed by atoms with Crippen molar-refractivity contribution in [2.45, 2.75) is 25.7 Å². The van der Waals surface area contributed by atoms with Gasteiger partial charge >= 0.3 is 5.97 Å². The SMILES string of the molecule is N#Cc1cc(Cl)ccc1NCC1CCCCC1C(=O)O. The van der Waals surface area contributed by atoms with Crippen molar-refractivity contribution in [3.63, 3.8) is 0 Å². The van der Waals surface area contributed by atoms with Crippen LogP contribution in [0.1, 0.15) is 31.2 Å². The third kappa shape index (κ3) is 3.43. The van der Waals surface area contributed by atoms with Crippen molar-refractivity contribution in [3.05, 3.63) is 28.8 Å². The van der Waals surface area contributed by atoms with Crippen molar-refractivity contribution in [1.82, 2.24) is 0 Å². The first-order valence-electron chi connectivity index (χ1n) is 6.78. The van der Waals surface area contributed by atoms with Gasteiger partial charge in [0.1, 0.15) is 6.07 Å². The lowest BCUT2D eigenvalue weighted by molar-refractivity contribution is -0.144. The van der Waals surface area contributed by atoms with Gasteiger partial charge in [-0.05, 0) is 37.0 Å². The van der Waals surface area contributed by atoms with Crippen LogP contribution in [0.15, 0.2) is 18.2 Å². The summed E-state index contributed by atoms with van der Waals surface area (Å²) in [6.45, 7) is 0.577. The second-order valence-corrected chi connectivity index (χ2v) is 5.61. The number of hydrogen-bond donors (Lipinski definition) is 2. The normalized spacial score (nSPS) is 22.0. The average molecular weight is 293 g/mol. The van der Waals surface area contributed by atoms with Gasteiger partial charge in [0, 0.05) is 11.6 Å². The summed E-state index contributed by atoms with van der Waals surface area (Å²) in [6, 6.07) is 7.19. The number of aliphatic carboxylic acids is 1. The first-order valence-corrected chi connectivity index (χ1v) is 7.16. The van der Waals surface area contributed by atoms with Crippen LogP contribution in [0, 0.1) is 23.2 Å². The number of carboxylic acid groups (broad SMARTS) is 1. The summed E-state index contributed by atoms with van der Waals surface area (Å²) < 4.78 is 0. The molecule has 0 aromatic heterocycles. The lowest BCUT2D eigenvalue weighted by Crippen LogP contribution is -2.31. The van der Waals surface area contributed by atoms with E-state index in [2.05, 4.69) is 11.4 Å². The van der Waals surface area contributed by atoms with Gasteiger partial charge in [-0.2, -0.15) is 5.26 Å². The molecule has 2 rings (SSSR count). The van der Waals surface area contributed by atoms with E-state index in [1.807, 2.05) is 0 Å². The Bertz CT molecular complexity index is 539. The highest BCUT2D eigenvalue weighted by molar-refractivity contribution is 6.30. The van der Waals surface area contributed by atoms with E-state index in [0.29, 0.717) is 22.8 Å². The third-order valence-electron chi connectivity index (χ3n) is 3.88. The number of nitrogens with one attached hydrogen (secondary N) is 1. The number of rotatable bonds is 4. The fraction of sp³-hybridized carbons (Fsp3) is 0.467. The Morgan fingerprint density at radius 2 is 2.20 bits per heavy atom. The summed E-state index contributed by atoms with van der Waals surface area (Å²) in [7, 11) is 0. The van der Waals surface area contributed by atoms with Gasteiger partial charge in [0.2, 0.25) is 0 Å². The monoisotopic (exact) mass is 292 g/mol. The first-order chi connectivity index (χ1) is 9.61. The standard InChI is InChI=1S/C15H17ClN2O2/c16-12-5-6-14(11(7-12)8-17)18-9-10-3-1-2-4-13(10)15(19)20/h5-7,10,13,18H,1-4,9H2,(H,19,20). The molecule has 1 aromatic rings. The predicted octanol–water partition coefficient (Wildman–Crippen LogP) is 3.51. The summed E-state index contributed by atoms with van der Waals surface area (Å²) in [4.78, 5) is 11.2. The van der Waals surface area contributed by atoms with Crippen LogP contribution in [-0.2, 0) is 4.79 Å². The van der Waals surface area contributed by atoms with Crippen molar-refractivity contribution in [2.75, 3.05) is 11.9 Å². The highest BCUT2D eigenvalue weighted by Crippen LogP contribution is 2.31. The number of hydrogen-bond acceptors (Lipinski definition) is 3. The average Bonchev–Trinajstić information content (AvgIpc) is 2.46. The molecule has 0 spiro atoms. The molecule has 1 aliphatic carbocycles. The molecule has 0 saturated heterocycles. The molecule has 4 nitrogen and oxygen atoms in total. The van der Waals surface area contributed by atoms with Gasteiger partial charge in [-0.15, -0.1) is 0 Å². The number of carbonyl (C=O) groups is 1. The Kier molecular flexibility index (Phi) is 4.86. The molecule has 0 bridgehead atoms. The molecular formula is C15H17ClN2O2. The number of benzene rings is 1. The van der Waals surface area contributed by atoms with E-state index in [9.17, 15) is 9.90 Å². The second kappa shape index (κ2) is 6.62. The number of halogens is 1. The van der Waals surface area contributed by atoms with E-state index in [4.69, 9.17) is 16.9 Å². The summed E-state index contributed by atoms with van der Waals surface area (Å²) in [5, 5.41) is 22.0. The van der Waals surface area contributed by atoms with Crippen LogP contribution < -0.4 is 5.32 Å². The van der Waals surface area contributed by atoms with E-state index >= 15 is 0 Å². The van der Waals surface area contributed by atoms with Crippen LogP contribution in [0.4, 0.5) is 5.69 Å². The lowest BCUT2D eigenvalue weighted by Gasteiger charge is -2.29. The Balaban J connectivity index is 2.04. The first kappa shape index (κ1) is 14.7.